The van der Waals surface area contributed by atoms with Gasteiger partial charge in [-0.3, -0.25) is 9.20 Å². The standard InChI is InChI=1S/C17H21F2N5O/c18-17(19)6-10(7-17)5-14(25)23-15(11-1-2-11)13-3-4-24-9-12(8-20)21-16(24)22-13/h3-4,9-11,15H,1-2,5-8,20H2,(H,23,25). The first-order chi connectivity index (χ1) is 11.9. The molecule has 8 heteroatoms. The van der Waals surface area contributed by atoms with Gasteiger partial charge < -0.3 is 11.1 Å². The second kappa shape index (κ2) is 6.01. The lowest BCUT2D eigenvalue weighted by Gasteiger charge is -2.34. The van der Waals surface area contributed by atoms with Crippen LogP contribution < -0.4 is 11.1 Å². The van der Waals surface area contributed by atoms with E-state index in [2.05, 4.69) is 15.3 Å². The van der Waals surface area contributed by atoms with Crippen LogP contribution in [0.5, 0.6) is 0 Å². The number of nitrogens with two attached hydrogens (primary N) is 1. The number of hydrogen-bond donors (Lipinski definition) is 2. The van der Waals surface area contributed by atoms with Crippen LogP contribution in [-0.4, -0.2) is 26.2 Å². The molecule has 1 amide bonds. The number of rotatable bonds is 6. The number of alkyl halides is 2. The quantitative estimate of drug-likeness (QED) is 0.837. The number of amides is 1. The van der Waals surface area contributed by atoms with Crippen molar-refractivity contribution in [2.24, 2.45) is 17.6 Å². The summed E-state index contributed by atoms with van der Waals surface area (Å²) in [6, 6.07) is 1.69. The summed E-state index contributed by atoms with van der Waals surface area (Å²) in [6.45, 7) is 0.341. The molecule has 1 unspecified atom stereocenters. The number of nitrogens with one attached hydrogen (secondary N) is 1. The molecule has 0 aromatic carbocycles. The van der Waals surface area contributed by atoms with Crippen LogP contribution in [0.1, 0.15) is 49.5 Å². The molecule has 3 N–H and O–H groups in total. The number of nitrogens with zero attached hydrogens (tertiary/aromatic N) is 3. The van der Waals surface area contributed by atoms with Gasteiger partial charge in [-0.05, 0) is 30.7 Å². The highest BCUT2D eigenvalue weighted by Gasteiger charge is 2.46. The molecule has 25 heavy (non-hydrogen) atoms. The molecule has 2 saturated carbocycles. The van der Waals surface area contributed by atoms with Crippen LogP contribution in [0.3, 0.4) is 0 Å². The summed E-state index contributed by atoms with van der Waals surface area (Å²) in [6.07, 6.45) is 5.53. The van der Waals surface area contributed by atoms with E-state index >= 15 is 0 Å². The van der Waals surface area contributed by atoms with Crippen molar-refractivity contribution < 1.29 is 13.6 Å². The summed E-state index contributed by atoms with van der Waals surface area (Å²) in [5, 5.41) is 3.00. The molecule has 0 saturated heterocycles. The molecule has 2 fully saturated rings. The number of imidazole rings is 1. The van der Waals surface area contributed by atoms with Crippen molar-refractivity contribution >= 4 is 11.7 Å². The van der Waals surface area contributed by atoms with Gasteiger partial charge in [0.05, 0.1) is 17.4 Å². The number of carbonyl (C=O) groups excluding carboxylic acids is 1. The largest absolute Gasteiger partial charge is 0.347 e. The Labute approximate surface area is 143 Å². The van der Waals surface area contributed by atoms with Gasteiger partial charge in [0.25, 0.3) is 0 Å². The third-order valence-corrected chi connectivity index (χ3v) is 4.98. The maximum atomic E-state index is 12.9. The molecule has 1 atom stereocenters. The number of halogens is 2. The fourth-order valence-corrected chi connectivity index (χ4v) is 3.49. The minimum atomic E-state index is -2.59. The van der Waals surface area contributed by atoms with E-state index in [4.69, 9.17) is 5.73 Å². The van der Waals surface area contributed by atoms with Crippen molar-refractivity contribution in [2.75, 3.05) is 0 Å². The molecule has 6 nitrogen and oxygen atoms in total. The molecule has 0 bridgehead atoms. The molecule has 4 rings (SSSR count). The number of fused-ring (bicyclic) bond motifs is 1. The van der Waals surface area contributed by atoms with E-state index < -0.39 is 5.92 Å². The van der Waals surface area contributed by atoms with E-state index in [-0.39, 0.29) is 37.1 Å². The van der Waals surface area contributed by atoms with Crippen LogP contribution in [-0.2, 0) is 11.3 Å². The maximum Gasteiger partial charge on any atom is 0.248 e. The molecule has 2 aromatic rings. The first-order valence-corrected chi connectivity index (χ1v) is 8.65. The Morgan fingerprint density at radius 3 is 2.80 bits per heavy atom. The Morgan fingerprint density at radius 2 is 2.16 bits per heavy atom. The zero-order valence-corrected chi connectivity index (χ0v) is 13.8. The zero-order valence-electron chi connectivity index (χ0n) is 13.8. The van der Waals surface area contributed by atoms with E-state index in [1.807, 2.05) is 18.5 Å². The maximum absolute atomic E-state index is 12.9. The molecule has 0 aliphatic heterocycles. The first-order valence-electron chi connectivity index (χ1n) is 8.65. The first kappa shape index (κ1) is 16.4. The Bertz CT molecular complexity index is 793. The fraction of sp³-hybridized carbons (Fsp3) is 0.588. The predicted molar refractivity (Wildman–Crippen MR) is 86.8 cm³/mol. The molecule has 134 valence electrons. The molecule has 0 radical (unpaired) electrons. The van der Waals surface area contributed by atoms with Gasteiger partial charge in [0.15, 0.2) is 0 Å². The average molecular weight is 349 g/mol. The van der Waals surface area contributed by atoms with Crippen molar-refractivity contribution in [3.05, 3.63) is 29.8 Å². The smallest absolute Gasteiger partial charge is 0.248 e. The van der Waals surface area contributed by atoms with E-state index in [1.54, 1.807) is 4.40 Å². The van der Waals surface area contributed by atoms with E-state index in [1.165, 1.54) is 0 Å². The summed E-state index contributed by atoms with van der Waals surface area (Å²) in [5.41, 5.74) is 7.12. The third kappa shape index (κ3) is 3.49. The summed E-state index contributed by atoms with van der Waals surface area (Å²) >= 11 is 0. The van der Waals surface area contributed by atoms with Crippen molar-refractivity contribution in [3.63, 3.8) is 0 Å². The summed E-state index contributed by atoms with van der Waals surface area (Å²) in [5.74, 6) is -2.08. The Hall–Kier alpha value is -2.09. The van der Waals surface area contributed by atoms with Crippen LogP contribution in [0.15, 0.2) is 18.5 Å². The minimum absolute atomic E-state index is 0.155. The average Bonchev–Trinajstić information content (AvgIpc) is 3.29. The third-order valence-electron chi connectivity index (χ3n) is 4.98. The van der Waals surface area contributed by atoms with Gasteiger partial charge >= 0.3 is 0 Å². The molecular weight excluding hydrogens is 328 g/mol. The summed E-state index contributed by atoms with van der Waals surface area (Å²) in [7, 11) is 0. The van der Waals surface area contributed by atoms with Gasteiger partial charge in [-0.2, -0.15) is 0 Å². The predicted octanol–water partition coefficient (Wildman–Crippen LogP) is 2.19. The molecule has 2 aliphatic carbocycles. The van der Waals surface area contributed by atoms with Gasteiger partial charge in [0, 0.05) is 38.2 Å². The molecule has 0 spiro atoms. The van der Waals surface area contributed by atoms with Crippen molar-refractivity contribution in [2.45, 2.75) is 50.6 Å². The number of aromatic nitrogens is 3. The topological polar surface area (TPSA) is 85.3 Å². The minimum Gasteiger partial charge on any atom is -0.347 e. The van der Waals surface area contributed by atoms with Gasteiger partial charge in [0.1, 0.15) is 0 Å². The Morgan fingerprint density at radius 1 is 1.40 bits per heavy atom. The Balaban J connectivity index is 1.46. The molecule has 2 heterocycles. The highest BCUT2D eigenvalue weighted by Crippen LogP contribution is 2.44. The Kier molecular flexibility index (Phi) is 3.94. The normalized spacial score (nSPS) is 21.1. The SMILES string of the molecule is NCc1cn2ccc(C(NC(=O)CC3CC(F)(F)C3)C3CC3)nc2n1. The van der Waals surface area contributed by atoms with Crippen molar-refractivity contribution in [3.8, 4) is 0 Å². The molecule has 2 aromatic heterocycles. The van der Waals surface area contributed by atoms with Gasteiger partial charge in [0.2, 0.25) is 17.6 Å². The van der Waals surface area contributed by atoms with E-state index in [0.717, 1.165) is 24.2 Å². The van der Waals surface area contributed by atoms with Crippen LogP contribution in [0.4, 0.5) is 8.78 Å². The lowest BCUT2D eigenvalue weighted by Crippen LogP contribution is -2.39. The molecule has 2 aliphatic rings. The van der Waals surface area contributed by atoms with Gasteiger partial charge in [-0.15, -0.1) is 0 Å². The zero-order chi connectivity index (χ0) is 17.6. The monoisotopic (exact) mass is 349 g/mol. The van der Waals surface area contributed by atoms with Crippen LogP contribution in [0.2, 0.25) is 0 Å². The van der Waals surface area contributed by atoms with E-state index in [0.29, 0.717) is 18.2 Å². The number of carbonyl (C=O) groups is 1. The second-order valence-electron chi connectivity index (χ2n) is 7.21. The lowest BCUT2D eigenvalue weighted by molar-refractivity contribution is -0.134. The van der Waals surface area contributed by atoms with E-state index in [9.17, 15) is 13.6 Å². The van der Waals surface area contributed by atoms with Crippen LogP contribution in [0.25, 0.3) is 5.78 Å². The highest BCUT2D eigenvalue weighted by atomic mass is 19.3. The lowest BCUT2D eigenvalue weighted by atomic mass is 9.79. The van der Waals surface area contributed by atoms with Crippen LogP contribution >= 0.6 is 0 Å². The van der Waals surface area contributed by atoms with Gasteiger partial charge in [-0.1, -0.05) is 0 Å². The van der Waals surface area contributed by atoms with Crippen molar-refractivity contribution in [1.29, 1.82) is 0 Å². The fourth-order valence-electron chi connectivity index (χ4n) is 3.49. The highest BCUT2D eigenvalue weighted by molar-refractivity contribution is 5.77. The molecular formula is C17H21F2N5O. The summed E-state index contributed by atoms with van der Waals surface area (Å²) < 4.78 is 27.6. The van der Waals surface area contributed by atoms with Crippen molar-refractivity contribution in [1.82, 2.24) is 19.7 Å². The van der Waals surface area contributed by atoms with Crippen LogP contribution in [0, 0.1) is 11.8 Å². The summed E-state index contributed by atoms with van der Waals surface area (Å²) in [4.78, 5) is 21.2. The number of hydrogen-bond acceptors (Lipinski definition) is 4. The second-order valence-corrected chi connectivity index (χ2v) is 7.21. The van der Waals surface area contributed by atoms with Gasteiger partial charge in [-0.25, -0.2) is 18.7 Å².